The van der Waals surface area contributed by atoms with Gasteiger partial charge in [-0.3, -0.25) is 9.59 Å². The maximum atomic E-state index is 11.9. The Morgan fingerprint density at radius 2 is 1.68 bits per heavy atom. The Bertz CT molecular complexity index is 735. The third-order valence-electron chi connectivity index (χ3n) is 3.67. The van der Waals surface area contributed by atoms with Crippen LogP contribution in [-0.2, 0) is 14.3 Å². The maximum Gasteiger partial charge on any atom is 0.309 e. The van der Waals surface area contributed by atoms with Crippen LogP contribution in [0.3, 0.4) is 0 Å². The van der Waals surface area contributed by atoms with Crippen molar-refractivity contribution in [3.05, 3.63) is 59.2 Å². The molecule has 25 heavy (non-hydrogen) atoms. The second-order valence-electron chi connectivity index (χ2n) is 5.89. The molecule has 0 spiro atoms. The molecule has 0 aliphatic rings. The van der Waals surface area contributed by atoms with Gasteiger partial charge in [0.25, 0.3) is 5.91 Å². The van der Waals surface area contributed by atoms with Crippen molar-refractivity contribution in [2.24, 2.45) is 0 Å². The average Bonchev–Trinajstić information content (AvgIpc) is 2.56. The van der Waals surface area contributed by atoms with Gasteiger partial charge in [-0.25, -0.2) is 0 Å². The maximum absolute atomic E-state index is 11.9. The number of hydrogen-bond donors (Lipinski definition) is 1. The van der Waals surface area contributed by atoms with Crippen LogP contribution < -0.4 is 10.1 Å². The summed E-state index contributed by atoms with van der Waals surface area (Å²) in [6.45, 7) is 5.70. The number of ether oxygens (including phenoxy) is 2. The van der Waals surface area contributed by atoms with Gasteiger partial charge in [-0.2, -0.15) is 0 Å². The van der Waals surface area contributed by atoms with Crippen LogP contribution in [0.2, 0.25) is 0 Å². The van der Waals surface area contributed by atoms with E-state index in [1.54, 1.807) is 0 Å². The van der Waals surface area contributed by atoms with Gasteiger partial charge in [-0.15, -0.1) is 0 Å². The molecule has 0 fully saturated rings. The molecular formula is C20H23NO4. The van der Waals surface area contributed by atoms with Crippen molar-refractivity contribution < 1.29 is 19.1 Å². The summed E-state index contributed by atoms with van der Waals surface area (Å²) in [4.78, 5) is 23.6. The number of carbonyl (C=O) groups excluding carboxylic acids is 2. The van der Waals surface area contributed by atoms with Gasteiger partial charge in [0.05, 0.1) is 13.0 Å². The third-order valence-corrected chi connectivity index (χ3v) is 3.67. The topological polar surface area (TPSA) is 64.6 Å². The van der Waals surface area contributed by atoms with E-state index in [0.29, 0.717) is 5.75 Å². The minimum absolute atomic E-state index is 0.0879. The fraction of sp³-hybridized carbons (Fsp3) is 0.300. The number of para-hydroxylation sites is 1. The number of aryl methyl sites for hydroxylation is 3. The van der Waals surface area contributed by atoms with Gasteiger partial charge in [0.2, 0.25) is 0 Å². The van der Waals surface area contributed by atoms with Crippen LogP contribution >= 0.6 is 0 Å². The summed E-state index contributed by atoms with van der Waals surface area (Å²) in [7, 11) is 0. The van der Waals surface area contributed by atoms with Gasteiger partial charge in [0.15, 0.2) is 6.61 Å². The highest BCUT2D eigenvalue weighted by Gasteiger charge is 2.10. The lowest BCUT2D eigenvalue weighted by Crippen LogP contribution is -2.22. The summed E-state index contributed by atoms with van der Waals surface area (Å²) in [5.74, 6) is -0.116. The van der Waals surface area contributed by atoms with Gasteiger partial charge in [0, 0.05) is 5.69 Å². The average molecular weight is 341 g/mol. The van der Waals surface area contributed by atoms with E-state index in [1.807, 2.05) is 63.2 Å². The van der Waals surface area contributed by atoms with Crippen molar-refractivity contribution in [3.63, 3.8) is 0 Å². The molecule has 1 amide bonds. The van der Waals surface area contributed by atoms with E-state index < -0.39 is 5.97 Å². The Balaban J connectivity index is 1.71. The molecule has 0 radical (unpaired) electrons. The fourth-order valence-corrected chi connectivity index (χ4v) is 2.36. The first-order valence-corrected chi connectivity index (χ1v) is 8.17. The molecule has 2 aromatic carbocycles. The smallest absolute Gasteiger partial charge is 0.309 e. The van der Waals surface area contributed by atoms with E-state index in [-0.39, 0.29) is 25.5 Å². The highest BCUT2D eigenvalue weighted by molar-refractivity contribution is 5.94. The van der Waals surface area contributed by atoms with E-state index in [2.05, 4.69) is 5.32 Å². The Morgan fingerprint density at radius 3 is 2.36 bits per heavy atom. The number of hydrogen-bond acceptors (Lipinski definition) is 4. The first-order chi connectivity index (χ1) is 12.0. The van der Waals surface area contributed by atoms with E-state index in [0.717, 1.165) is 22.4 Å². The molecule has 0 bridgehead atoms. The Labute approximate surface area is 148 Å². The SMILES string of the molecule is Cc1cccc(OCCC(=O)OCC(=O)Nc2c(C)cccc2C)c1. The minimum Gasteiger partial charge on any atom is -0.493 e. The summed E-state index contributed by atoms with van der Waals surface area (Å²) in [6.07, 6.45) is 0.0879. The number of carbonyl (C=O) groups is 2. The Hall–Kier alpha value is -2.82. The molecular weight excluding hydrogens is 318 g/mol. The van der Waals surface area contributed by atoms with Crippen molar-refractivity contribution in [1.29, 1.82) is 0 Å². The second-order valence-corrected chi connectivity index (χ2v) is 5.89. The number of esters is 1. The molecule has 0 saturated carbocycles. The lowest BCUT2D eigenvalue weighted by Gasteiger charge is -2.11. The van der Waals surface area contributed by atoms with E-state index in [1.165, 1.54) is 0 Å². The molecule has 5 heteroatoms. The summed E-state index contributed by atoms with van der Waals surface area (Å²) >= 11 is 0. The van der Waals surface area contributed by atoms with Crippen LogP contribution in [0.1, 0.15) is 23.1 Å². The lowest BCUT2D eigenvalue weighted by molar-refractivity contribution is -0.147. The number of nitrogens with one attached hydrogen (secondary N) is 1. The molecule has 1 N–H and O–H groups in total. The molecule has 2 aromatic rings. The number of benzene rings is 2. The van der Waals surface area contributed by atoms with Gasteiger partial charge < -0.3 is 14.8 Å². The highest BCUT2D eigenvalue weighted by Crippen LogP contribution is 2.19. The molecule has 0 aliphatic heterocycles. The number of amides is 1. The van der Waals surface area contributed by atoms with Crippen LogP contribution in [0.5, 0.6) is 5.75 Å². The Kier molecular flexibility index (Phi) is 6.57. The standard InChI is InChI=1S/C20H23NO4/c1-14-6-4-9-17(12-14)24-11-10-19(23)25-13-18(22)21-20-15(2)7-5-8-16(20)3/h4-9,12H,10-11,13H2,1-3H3,(H,21,22). The van der Waals surface area contributed by atoms with E-state index in [4.69, 9.17) is 9.47 Å². The summed E-state index contributed by atoms with van der Waals surface area (Å²) in [5.41, 5.74) is 3.77. The zero-order valence-electron chi connectivity index (χ0n) is 14.8. The molecule has 132 valence electrons. The molecule has 0 aliphatic carbocycles. The van der Waals surface area contributed by atoms with Crippen molar-refractivity contribution in [1.82, 2.24) is 0 Å². The highest BCUT2D eigenvalue weighted by atomic mass is 16.5. The van der Waals surface area contributed by atoms with Crippen LogP contribution in [0.15, 0.2) is 42.5 Å². The first kappa shape index (κ1) is 18.5. The first-order valence-electron chi connectivity index (χ1n) is 8.17. The van der Waals surface area contributed by atoms with Crippen LogP contribution in [0, 0.1) is 20.8 Å². The number of rotatable bonds is 7. The van der Waals surface area contributed by atoms with Gasteiger partial charge in [-0.05, 0) is 49.6 Å². The van der Waals surface area contributed by atoms with Crippen LogP contribution in [0.25, 0.3) is 0 Å². The summed E-state index contributed by atoms with van der Waals surface area (Å²) in [5, 5.41) is 2.77. The van der Waals surface area contributed by atoms with E-state index >= 15 is 0 Å². The third kappa shape index (κ3) is 5.95. The van der Waals surface area contributed by atoms with Crippen molar-refractivity contribution in [2.75, 3.05) is 18.5 Å². The van der Waals surface area contributed by atoms with Crippen molar-refractivity contribution in [3.8, 4) is 5.75 Å². The van der Waals surface area contributed by atoms with Crippen LogP contribution in [0.4, 0.5) is 5.69 Å². The minimum atomic E-state index is -0.468. The summed E-state index contributed by atoms with van der Waals surface area (Å²) < 4.78 is 10.5. The molecule has 2 rings (SSSR count). The van der Waals surface area contributed by atoms with Gasteiger partial charge >= 0.3 is 5.97 Å². The predicted octanol–water partition coefficient (Wildman–Crippen LogP) is 3.56. The molecule has 5 nitrogen and oxygen atoms in total. The molecule has 0 aromatic heterocycles. The number of anilines is 1. The monoisotopic (exact) mass is 341 g/mol. The predicted molar refractivity (Wildman–Crippen MR) is 96.8 cm³/mol. The molecule has 0 saturated heterocycles. The lowest BCUT2D eigenvalue weighted by atomic mass is 10.1. The summed E-state index contributed by atoms with van der Waals surface area (Å²) in [6, 6.07) is 13.3. The quantitative estimate of drug-likeness (QED) is 0.782. The van der Waals surface area contributed by atoms with Gasteiger partial charge in [0.1, 0.15) is 5.75 Å². The van der Waals surface area contributed by atoms with Crippen molar-refractivity contribution >= 4 is 17.6 Å². The molecule has 0 heterocycles. The zero-order valence-corrected chi connectivity index (χ0v) is 14.8. The molecule has 0 unspecified atom stereocenters. The molecule has 0 atom stereocenters. The van der Waals surface area contributed by atoms with Crippen LogP contribution in [-0.4, -0.2) is 25.1 Å². The van der Waals surface area contributed by atoms with Crippen molar-refractivity contribution in [2.45, 2.75) is 27.2 Å². The zero-order chi connectivity index (χ0) is 18.2. The second kappa shape index (κ2) is 8.87. The van der Waals surface area contributed by atoms with Gasteiger partial charge in [-0.1, -0.05) is 30.3 Å². The Morgan fingerprint density at radius 1 is 1.00 bits per heavy atom. The fourth-order valence-electron chi connectivity index (χ4n) is 2.36. The largest absolute Gasteiger partial charge is 0.493 e. The van der Waals surface area contributed by atoms with E-state index in [9.17, 15) is 9.59 Å². The normalized spacial score (nSPS) is 10.2.